The average Bonchev–Trinajstić information content (AvgIpc) is 3.08. The van der Waals surface area contributed by atoms with Crippen LogP contribution < -0.4 is 10.3 Å². The topological polar surface area (TPSA) is 78.8 Å². The number of H-pyrrole nitrogens is 1. The van der Waals surface area contributed by atoms with Crippen molar-refractivity contribution in [1.29, 1.82) is 5.26 Å². The van der Waals surface area contributed by atoms with Gasteiger partial charge in [-0.25, -0.2) is 4.98 Å². The van der Waals surface area contributed by atoms with E-state index in [0.29, 0.717) is 16.6 Å². The van der Waals surface area contributed by atoms with E-state index >= 15 is 0 Å². The van der Waals surface area contributed by atoms with Gasteiger partial charge in [-0.05, 0) is 61.9 Å². The fourth-order valence-corrected chi connectivity index (χ4v) is 4.84. The zero-order chi connectivity index (χ0) is 19.7. The quantitative estimate of drug-likeness (QED) is 0.662. The van der Waals surface area contributed by atoms with Gasteiger partial charge in [0, 0.05) is 4.88 Å². The van der Waals surface area contributed by atoms with E-state index in [2.05, 4.69) is 9.97 Å². The number of hydrogen-bond acceptors (Lipinski definition) is 5. The largest absolute Gasteiger partial charge is 0.476 e. The minimum atomic E-state index is -0.511. The summed E-state index contributed by atoms with van der Waals surface area (Å²) in [5.41, 5.74) is 1.88. The average molecular weight is 412 g/mol. The molecule has 4 rings (SSSR count). The normalized spacial score (nSPS) is 15.1. The number of benzene rings is 1. The molecule has 0 saturated heterocycles. The molecule has 2 aromatic heterocycles. The third-order valence-electron chi connectivity index (χ3n) is 4.72. The van der Waals surface area contributed by atoms with Gasteiger partial charge in [0.2, 0.25) is 0 Å². The molecule has 0 saturated carbocycles. The second-order valence-corrected chi connectivity index (χ2v) is 8.25. The van der Waals surface area contributed by atoms with E-state index in [-0.39, 0.29) is 5.56 Å². The Morgan fingerprint density at radius 3 is 2.86 bits per heavy atom. The molecule has 7 heteroatoms. The lowest BCUT2D eigenvalue weighted by Crippen LogP contribution is -2.12. The summed E-state index contributed by atoms with van der Waals surface area (Å²) in [5.74, 6) is 0.982. The molecule has 28 heavy (non-hydrogen) atoms. The van der Waals surface area contributed by atoms with Crippen LogP contribution in [0.5, 0.6) is 5.75 Å². The Labute approximate surface area is 171 Å². The number of nitrogens with one attached hydrogen (secondary N) is 1. The van der Waals surface area contributed by atoms with E-state index in [1.54, 1.807) is 36.5 Å². The Bertz CT molecular complexity index is 1160. The highest BCUT2D eigenvalue weighted by molar-refractivity contribution is 7.18. The van der Waals surface area contributed by atoms with E-state index < -0.39 is 6.10 Å². The number of aromatic nitrogens is 2. The molecule has 1 aliphatic carbocycles. The molecule has 0 amide bonds. The van der Waals surface area contributed by atoms with Crippen molar-refractivity contribution in [2.24, 2.45) is 0 Å². The number of halogens is 1. The Hall–Kier alpha value is -2.62. The zero-order valence-electron chi connectivity index (χ0n) is 15.3. The van der Waals surface area contributed by atoms with Gasteiger partial charge in [-0.3, -0.25) is 4.79 Å². The van der Waals surface area contributed by atoms with Gasteiger partial charge in [0.1, 0.15) is 16.6 Å². The van der Waals surface area contributed by atoms with Crippen LogP contribution in [0.2, 0.25) is 0 Å². The number of aryl methyl sites for hydroxylation is 2. The summed E-state index contributed by atoms with van der Waals surface area (Å²) >= 11 is 8.05. The first-order chi connectivity index (χ1) is 13.5. The molecule has 0 radical (unpaired) electrons. The number of aromatic amines is 1. The third-order valence-corrected chi connectivity index (χ3v) is 6.19. The van der Waals surface area contributed by atoms with Crippen LogP contribution in [0.15, 0.2) is 29.1 Å². The van der Waals surface area contributed by atoms with Gasteiger partial charge in [-0.2, -0.15) is 5.26 Å². The maximum atomic E-state index is 12.6. The molecule has 3 aromatic rings. The monoisotopic (exact) mass is 411 g/mol. The molecule has 1 N–H and O–H groups in total. The molecular weight excluding hydrogens is 394 g/mol. The number of thiophene rings is 1. The summed E-state index contributed by atoms with van der Waals surface area (Å²) in [7, 11) is 0. The minimum Gasteiger partial charge on any atom is -0.476 e. The minimum absolute atomic E-state index is 0.125. The molecule has 0 bridgehead atoms. The van der Waals surface area contributed by atoms with Gasteiger partial charge in [0.05, 0.1) is 10.4 Å². The van der Waals surface area contributed by atoms with Crippen LogP contribution >= 0.6 is 22.9 Å². The summed E-state index contributed by atoms with van der Waals surface area (Å²) in [4.78, 5) is 22.1. The van der Waals surface area contributed by atoms with Gasteiger partial charge in [0.25, 0.3) is 5.56 Å². The van der Waals surface area contributed by atoms with Gasteiger partial charge in [0.15, 0.2) is 11.9 Å². The highest BCUT2D eigenvalue weighted by atomic mass is 35.5. The Morgan fingerprint density at radius 1 is 1.36 bits per heavy atom. The van der Waals surface area contributed by atoms with Crippen LogP contribution in [0.3, 0.4) is 0 Å². The number of nitrogens with zero attached hydrogens (tertiary/aromatic N) is 2. The van der Waals surface area contributed by atoms with Crippen molar-refractivity contribution in [2.75, 3.05) is 0 Å². The standard InChI is InChI=1S/C21H18ClN3O2S/c1-12(11-23)27-14-8-6-13(7-9-14)10-16(22)19-24-20(26)18-15-4-2-3-5-17(15)28-21(18)25-19/h6-10,12H,2-5H2,1H3,(H,24,25,26)/b16-10+. The van der Waals surface area contributed by atoms with Crippen molar-refractivity contribution in [3.05, 3.63) is 56.4 Å². The predicted octanol–water partition coefficient (Wildman–Crippen LogP) is 4.89. The lowest BCUT2D eigenvalue weighted by Gasteiger charge is -2.09. The number of hydrogen-bond donors (Lipinski definition) is 1. The van der Waals surface area contributed by atoms with Crippen LogP contribution in [0, 0.1) is 11.3 Å². The smallest absolute Gasteiger partial charge is 0.260 e. The van der Waals surface area contributed by atoms with Gasteiger partial charge in [-0.1, -0.05) is 23.7 Å². The predicted molar refractivity (Wildman–Crippen MR) is 113 cm³/mol. The Morgan fingerprint density at radius 2 is 2.11 bits per heavy atom. The van der Waals surface area contributed by atoms with Crippen molar-refractivity contribution in [3.63, 3.8) is 0 Å². The molecule has 1 atom stereocenters. The van der Waals surface area contributed by atoms with Gasteiger partial charge < -0.3 is 9.72 Å². The second kappa shape index (κ2) is 7.78. The summed E-state index contributed by atoms with van der Waals surface area (Å²) in [6.45, 7) is 1.69. The van der Waals surface area contributed by atoms with E-state index in [0.717, 1.165) is 47.0 Å². The number of nitriles is 1. The molecule has 5 nitrogen and oxygen atoms in total. The number of rotatable bonds is 4. The fraction of sp³-hybridized carbons (Fsp3) is 0.286. The first-order valence-corrected chi connectivity index (χ1v) is 10.3. The molecule has 1 unspecified atom stereocenters. The summed E-state index contributed by atoms with van der Waals surface area (Å²) in [6.07, 6.45) is 5.49. The number of ether oxygens (including phenoxy) is 1. The highest BCUT2D eigenvalue weighted by Gasteiger charge is 2.20. The van der Waals surface area contributed by atoms with Crippen molar-refractivity contribution < 1.29 is 4.74 Å². The van der Waals surface area contributed by atoms with Crippen LogP contribution in [0.4, 0.5) is 0 Å². The second-order valence-electron chi connectivity index (χ2n) is 6.76. The lowest BCUT2D eigenvalue weighted by molar-refractivity contribution is 0.276. The van der Waals surface area contributed by atoms with E-state index in [4.69, 9.17) is 21.6 Å². The van der Waals surface area contributed by atoms with Crippen LogP contribution in [-0.4, -0.2) is 16.1 Å². The third kappa shape index (κ3) is 3.68. The van der Waals surface area contributed by atoms with E-state index in [1.807, 2.05) is 18.2 Å². The molecule has 0 spiro atoms. The Kier molecular flexibility index (Phi) is 5.21. The molecule has 2 heterocycles. The maximum Gasteiger partial charge on any atom is 0.260 e. The summed E-state index contributed by atoms with van der Waals surface area (Å²) < 4.78 is 5.44. The van der Waals surface area contributed by atoms with Crippen molar-refractivity contribution in [2.45, 2.75) is 38.7 Å². The van der Waals surface area contributed by atoms with Crippen LogP contribution in [0.1, 0.15) is 41.6 Å². The van der Waals surface area contributed by atoms with Crippen LogP contribution in [-0.2, 0) is 12.8 Å². The molecule has 1 aliphatic rings. The van der Waals surface area contributed by atoms with E-state index in [1.165, 1.54) is 4.88 Å². The Balaban J connectivity index is 1.64. The highest BCUT2D eigenvalue weighted by Crippen LogP contribution is 2.34. The molecule has 142 valence electrons. The van der Waals surface area contributed by atoms with Gasteiger partial charge in [-0.15, -0.1) is 11.3 Å². The van der Waals surface area contributed by atoms with Crippen molar-refractivity contribution in [3.8, 4) is 11.8 Å². The van der Waals surface area contributed by atoms with Crippen molar-refractivity contribution >= 4 is 44.3 Å². The lowest BCUT2D eigenvalue weighted by atomic mass is 9.97. The first kappa shape index (κ1) is 18.7. The summed E-state index contributed by atoms with van der Waals surface area (Å²) in [5, 5.41) is 9.90. The molecule has 1 aromatic carbocycles. The first-order valence-electron chi connectivity index (χ1n) is 9.13. The van der Waals surface area contributed by atoms with Gasteiger partial charge >= 0.3 is 0 Å². The maximum absolute atomic E-state index is 12.6. The van der Waals surface area contributed by atoms with Crippen LogP contribution in [0.25, 0.3) is 21.3 Å². The summed E-state index contributed by atoms with van der Waals surface area (Å²) in [6, 6.07) is 9.24. The van der Waals surface area contributed by atoms with Crippen molar-refractivity contribution in [1.82, 2.24) is 9.97 Å². The number of fused-ring (bicyclic) bond motifs is 3. The molecular formula is C21H18ClN3O2S. The molecule has 0 aliphatic heterocycles. The molecule has 0 fully saturated rings. The van der Waals surface area contributed by atoms with E-state index in [9.17, 15) is 4.79 Å². The SMILES string of the molecule is CC(C#N)Oc1ccc(/C=C(/Cl)c2nc3sc4c(c3c(=O)[nH]2)CCCC4)cc1. The zero-order valence-corrected chi connectivity index (χ0v) is 16.9. The fourth-order valence-electron chi connectivity index (χ4n) is 3.36.